The van der Waals surface area contributed by atoms with Gasteiger partial charge in [-0.1, -0.05) is 102 Å². The van der Waals surface area contributed by atoms with Crippen LogP contribution in [0, 0.1) is 0 Å². The van der Waals surface area contributed by atoms with Crippen LogP contribution in [0.15, 0.2) is 73.1 Å². The molecule has 39 heavy (non-hydrogen) atoms. The summed E-state index contributed by atoms with van der Waals surface area (Å²) in [5, 5.41) is 0. The molecule has 2 aromatic carbocycles. The minimum Gasteiger partial charge on any atom is -0.414 e. The molecule has 0 aliphatic carbocycles. The van der Waals surface area contributed by atoms with Crippen LogP contribution in [0.1, 0.15) is 70.6 Å². The predicted octanol–water partition coefficient (Wildman–Crippen LogP) is 7.49. The second-order valence-corrected chi connectivity index (χ2v) is 17.0. The lowest BCUT2D eigenvalue weighted by Crippen LogP contribution is -2.53. The van der Waals surface area contributed by atoms with Gasteiger partial charge in [-0.15, -0.1) is 0 Å². The number of benzene rings is 2. The van der Waals surface area contributed by atoms with Crippen molar-refractivity contribution in [3.8, 4) is 0 Å². The van der Waals surface area contributed by atoms with Crippen LogP contribution >= 0.6 is 0 Å². The molecule has 6 nitrogen and oxygen atoms in total. The summed E-state index contributed by atoms with van der Waals surface area (Å²) in [5.41, 5.74) is 3.71. The number of fused-ring (bicyclic) bond motifs is 1. The van der Waals surface area contributed by atoms with Gasteiger partial charge in [-0.2, -0.15) is 0 Å². The van der Waals surface area contributed by atoms with Gasteiger partial charge in [0.05, 0.1) is 25.9 Å². The number of nitrogens with zero attached hydrogens (tertiary/aromatic N) is 2. The number of hydrogen-bond donors (Lipinski definition) is 0. The number of methoxy groups -OCH3 is 1. The van der Waals surface area contributed by atoms with Crippen molar-refractivity contribution in [3.05, 3.63) is 90.0 Å². The van der Waals surface area contributed by atoms with Crippen molar-refractivity contribution in [2.45, 2.75) is 95.7 Å². The van der Waals surface area contributed by atoms with Gasteiger partial charge < -0.3 is 23.2 Å². The van der Waals surface area contributed by atoms with E-state index < -0.39 is 8.32 Å². The van der Waals surface area contributed by atoms with Crippen molar-refractivity contribution in [3.63, 3.8) is 0 Å². The standard InChI is InChI=1S/C32H46N2O4Si/c1-23(2)39(24(3)4,25(5)6)38-22-28-29(35-7)30(36-20-26-14-10-8-11-15-26)31(32-33-18-19-34(28)32)37-21-27-16-12-9-13-17-27/h8-19,23-25,28-31H,20-22H2,1-7H3/t28-,29-,30+,31-/m1/s1. The Hall–Kier alpha value is -2.29. The third-order valence-corrected chi connectivity index (χ3v) is 14.4. The average Bonchev–Trinajstić information content (AvgIpc) is 3.41. The number of imidazole rings is 1. The van der Waals surface area contributed by atoms with Gasteiger partial charge in [0, 0.05) is 19.5 Å². The summed E-state index contributed by atoms with van der Waals surface area (Å²) >= 11 is 0. The smallest absolute Gasteiger partial charge is 0.200 e. The molecule has 2 heterocycles. The Bertz CT molecular complexity index is 1110. The van der Waals surface area contributed by atoms with Crippen molar-refractivity contribution in [2.75, 3.05) is 13.7 Å². The fraction of sp³-hybridized carbons (Fsp3) is 0.531. The molecule has 0 N–H and O–H groups in total. The third kappa shape index (κ3) is 6.39. The van der Waals surface area contributed by atoms with E-state index in [2.05, 4.69) is 70.4 Å². The summed E-state index contributed by atoms with van der Waals surface area (Å²) in [6, 6.07) is 20.4. The second kappa shape index (κ2) is 13.4. The van der Waals surface area contributed by atoms with Crippen LogP contribution in [0.2, 0.25) is 16.6 Å². The van der Waals surface area contributed by atoms with Gasteiger partial charge in [0.1, 0.15) is 24.1 Å². The SMILES string of the molecule is CO[C@H]1[C@H](OCc2ccccc2)[C@@H](OCc2ccccc2)c2nccn2[C@@H]1CO[Si](C(C)C)(C(C)C)C(C)C. The first-order chi connectivity index (χ1) is 18.8. The first kappa shape index (κ1) is 29.7. The van der Waals surface area contributed by atoms with E-state index >= 15 is 0 Å². The van der Waals surface area contributed by atoms with Gasteiger partial charge in [0.2, 0.25) is 0 Å². The molecule has 0 spiro atoms. The van der Waals surface area contributed by atoms with E-state index in [1.807, 2.05) is 48.8 Å². The van der Waals surface area contributed by atoms with Crippen LogP contribution in [-0.2, 0) is 31.9 Å². The molecule has 4 atom stereocenters. The van der Waals surface area contributed by atoms with Crippen molar-refractivity contribution in [1.82, 2.24) is 9.55 Å². The topological polar surface area (TPSA) is 54.7 Å². The monoisotopic (exact) mass is 550 g/mol. The maximum Gasteiger partial charge on any atom is 0.200 e. The van der Waals surface area contributed by atoms with Crippen LogP contribution in [0.4, 0.5) is 0 Å². The van der Waals surface area contributed by atoms with E-state index in [0.717, 1.165) is 17.0 Å². The van der Waals surface area contributed by atoms with E-state index in [-0.39, 0.29) is 24.4 Å². The molecule has 0 bridgehead atoms. The molecular formula is C32H46N2O4Si. The molecule has 1 aliphatic rings. The highest BCUT2D eigenvalue weighted by Crippen LogP contribution is 2.44. The van der Waals surface area contributed by atoms with E-state index in [1.165, 1.54) is 0 Å². The molecule has 1 aliphatic heterocycles. The van der Waals surface area contributed by atoms with Crippen LogP contribution in [0.5, 0.6) is 0 Å². The number of aromatic nitrogens is 2. The minimum absolute atomic E-state index is 0.0760. The molecule has 4 rings (SSSR count). The molecule has 0 saturated carbocycles. The summed E-state index contributed by atoms with van der Waals surface area (Å²) < 4.78 is 28.8. The van der Waals surface area contributed by atoms with Gasteiger partial charge in [0.25, 0.3) is 0 Å². The van der Waals surface area contributed by atoms with Crippen molar-refractivity contribution in [1.29, 1.82) is 0 Å². The normalized spacial score (nSPS) is 21.6. The highest BCUT2D eigenvalue weighted by molar-refractivity contribution is 6.77. The van der Waals surface area contributed by atoms with E-state index in [4.69, 9.17) is 23.6 Å². The van der Waals surface area contributed by atoms with E-state index in [1.54, 1.807) is 7.11 Å². The molecule has 0 fully saturated rings. The Balaban J connectivity index is 1.66. The first-order valence-electron chi connectivity index (χ1n) is 14.3. The number of ether oxygens (including phenoxy) is 3. The molecule has 1 aromatic heterocycles. The Kier molecular flexibility index (Phi) is 10.2. The van der Waals surface area contributed by atoms with Crippen LogP contribution < -0.4 is 0 Å². The van der Waals surface area contributed by atoms with Crippen molar-refractivity contribution >= 4 is 8.32 Å². The lowest BCUT2D eigenvalue weighted by molar-refractivity contribution is -0.174. The summed E-state index contributed by atoms with van der Waals surface area (Å²) in [4.78, 5) is 4.78. The fourth-order valence-electron chi connectivity index (χ4n) is 6.60. The maximum atomic E-state index is 7.10. The maximum absolute atomic E-state index is 7.10. The zero-order valence-electron chi connectivity index (χ0n) is 24.6. The van der Waals surface area contributed by atoms with E-state index in [0.29, 0.717) is 36.4 Å². The molecule has 0 unspecified atom stereocenters. The second-order valence-electron chi connectivity index (χ2n) is 11.6. The third-order valence-electron chi connectivity index (χ3n) is 8.35. The molecule has 0 amide bonds. The zero-order chi connectivity index (χ0) is 28.0. The fourth-order valence-corrected chi connectivity index (χ4v) is 12.1. The van der Waals surface area contributed by atoms with Crippen LogP contribution in [0.25, 0.3) is 0 Å². The van der Waals surface area contributed by atoms with Gasteiger partial charge in [-0.3, -0.25) is 0 Å². The predicted molar refractivity (Wildman–Crippen MR) is 158 cm³/mol. The summed E-state index contributed by atoms with van der Waals surface area (Å²) in [7, 11) is -0.317. The average molecular weight is 551 g/mol. The van der Waals surface area contributed by atoms with Crippen LogP contribution in [0.3, 0.4) is 0 Å². The van der Waals surface area contributed by atoms with E-state index in [9.17, 15) is 0 Å². The summed E-state index contributed by atoms with van der Waals surface area (Å²) in [6.45, 7) is 15.4. The molecule has 0 saturated heterocycles. The largest absolute Gasteiger partial charge is 0.414 e. The molecular weight excluding hydrogens is 504 g/mol. The number of hydrogen-bond acceptors (Lipinski definition) is 5. The Morgan fingerprint density at radius 1 is 0.769 bits per heavy atom. The van der Waals surface area contributed by atoms with Gasteiger partial charge >= 0.3 is 0 Å². The van der Waals surface area contributed by atoms with Crippen molar-refractivity contribution in [2.24, 2.45) is 0 Å². The Morgan fingerprint density at radius 3 is 1.82 bits per heavy atom. The highest BCUT2D eigenvalue weighted by Gasteiger charge is 2.49. The molecule has 3 aromatic rings. The molecule has 0 radical (unpaired) electrons. The zero-order valence-corrected chi connectivity index (χ0v) is 25.6. The van der Waals surface area contributed by atoms with Crippen LogP contribution in [-0.4, -0.2) is 43.8 Å². The first-order valence-corrected chi connectivity index (χ1v) is 16.4. The summed E-state index contributed by atoms with van der Waals surface area (Å²) in [5.74, 6) is 0.858. The molecule has 212 valence electrons. The Morgan fingerprint density at radius 2 is 1.31 bits per heavy atom. The van der Waals surface area contributed by atoms with Crippen molar-refractivity contribution < 1.29 is 18.6 Å². The lowest BCUT2D eigenvalue weighted by Gasteiger charge is -2.46. The minimum atomic E-state index is -2.09. The van der Waals surface area contributed by atoms with Gasteiger partial charge in [-0.25, -0.2) is 4.98 Å². The van der Waals surface area contributed by atoms with Gasteiger partial charge in [0.15, 0.2) is 8.32 Å². The number of rotatable bonds is 13. The summed E-state index contributed by atoms with van der Waals surface area (Å²) in [6.07, 6.45) is 2.88. The van der Waals surface area contributed by atoms with Gasteiger partial charge in [-0.05, 0) is 27.8 Å². The highest BCUT2D eigenvalue weighted by atomic mass is 28.4. The lowest BCUT2D eigenvalue weighted by atomic mass is 9.95. The Labute approximate surface area is 235 Å². The molecule has 7 heteroatoms. The quantitative estimate of drug-likeness (QED) is 0.206.